The van der Waals surface area contributed by atoms with E-state index in [9.17, 15) is 22.0 Å². The number of carboxylic acids is 1. The van der Waals surface area contributed by atoms with Crippen LogP contribution in [0.4, 0.5) is 26.0 Å². The fourth-order valence-electron chi connectivity index (χ4n) is 3.86. The van der Waals surface area contributed by atoms with E-state index < -0.39 is 32.5 Å². The number of anilines is 3. The molecule has 12 nitrogen and oxygen atoms in total. The van der Waals surface area contributed by atoms with Gasteiger partial charge in [-0.3, -0.25) is 14.2 Å². The van der Waals surface area contributed by atoms with E-state index in [1.807, 2.05) is 0 Å². The maximum Gasteiger partial charge on any atom is 0.325 e. The van der Waals surface area contributed by atoms with Crippen molar-refractivity contribution >= 4 is 44.1 Å². The Morgan fingerprint density at radius 1 is 1.05 bits per heavy atom. The fraction of sp³-hybridized carbons (Fsp3) is 0.0800. The van der Waals surface area contributed by atoms with Crippen LogP contribution in [-0.4, -0.2) is 51.3 Å². The summed E-state index contributed by atoms with van der Waals surface area (Å²) in [6, 6.07) is 8.81. The highest BCUT2D eigenvalue weighted by atomic mass is 32.2. The number of nitrogens with one attached hydrogen (secondary N) is 2. The number of carboxylic acid groups (broad SMARTS) is 1. The highest BCUT2D eigenvalue weighted by Gasteiger charge is 2.22. The molecule has 204 valence electrons. The van der Waals surface area contributed by atoms with Crippen LogP contribution in [0.5, 0.6) is 5.88 Å². The normalized spacial score (nSPS) is 11.4. The minimum atomic E-state index is -4.46. The number of carbonyl (C=O) groups is 1. The van der Waals surface area contributed by atoms with Gasteiger partial charge in [0.25, 0.3) is 10.0 Å². The van der Waals surface area contributed by atoms with E-state index >= 15 is 0 Å². The second-order valence-electron chi connectivity index (χ2n) is 8.36. The number of aromatic nitrogens is 5. The maximum absolute atomic E-state index is 14.2. The Morgan fingerprint density at radius 2 is 1.88 bits per heavy atom. The van der Waals surface area contributed by atoms with Crippen molar-refractivity contribution in [1.29, 1.82) is 0 Å². The minimum Gasteiger partial charge on any atom is -0.480 e. The van der Waals surface area contributed by atoms with Gasteiger partial charge in [0.1, 0.15) is 40.9 Å². The third-order valence-corrected chi connectivity index (χ3v) is 7.03. The van der Waals surface area contributed by atoms with E-state index in [1.165, 1.54) is 42.8 Å². The van der Waals surface area contributed by atoms with E-state index in [1.54, 1.807) is 18.2 Å². The lowest BCUT2D eigenvalue weighted by Gasteiger charge is -2.14. The Bertz CT molecular complexity index is 1860. The molecule has 0 saturated heterocycles. The molecular weight excluding hydrogens is 548 g/mol. The summed E-state index contributed by atoms with van der Waals surface area (Å²) < 4.78 is 62.0. The molecule has 0 amide bonds. The molecule has 0 saturated carbocycles. The summed E-state index contributed by atoms with van der Waals surface area (Å²) in [6.45, 7) is -0.305. The second kappa shape index (κ2) is 10.5. The summed E-state index contributed by atoms with van der Waals surface area (Å²) in [5.41, 5.74) is 2.10. The first-order valence-corrected chi connectivity index (χ1v) is 12.9. The number of benzene rings is 2. The van der Waals surface area contributed by atoms with Crippen molar-refractivity contribution < 1.29 is 31.8 Å². The molecule has 0 atom stereocenters. The first-order valence-electron chi connectivity index (χ1n) is 11.4. The Morgan fingerprint density at radius 3 is 2.62 bits per heavy atom. The highest BCUT2D eigenvalue weighted by Crippen LogP contribution is 2.33. The van der Waals surface area contributed by atoms with Crippen LogP contribution >= 0.6 is 0 Å². The van der Waals surface area contributed by atoms with Crippen LogP contribution in [0.3, 0.4) is 0 Å². The summed E-state index contributed by atoms with van der Waals surface area (Å²) in [4.78, 5) is 22.9. The predicted octanol–water partition coefficient (Wildman–Crippen LogP) is 3.80. The number of sulfonamides is 1. The first-order chi connectivity index (χ1) is 19.1. The van der Waals surface area contributed by atoms with Gasteiger partial charge in [-0.1, -0.05) is 6.07 Å². The van der Waals surface area contributed by atoms with Crippen LogP contribution in [0.2, 0.25) is 0 Å². The Balaban J connectivity index is 1.50. The lowest BCUT2D eigenvalue weighted by molar-refractivity contribution is -0.137. The van der Waals surface area contributed by atoms with Crippen molar-refractivity contribution in [2.75, 3.05) is 17.1 Å². The number of fused-ring (bicyclic) bond motifs is 1. The summed E-state index contributed by atoms with van der Waals surface area (Å²) in [6.07, 6.45) is 5.80. The largest absolute Gasteiger partial charge is 0.480 e. The van der Waals surface area contributed by atoms with Crippen molar-refractivity contribution in [1.82, 2.24) is 24.7 Å². The molecule has 0 radical (unpaired) electrons. The van der Waals surface area contributed by atoms with Gasteiger partial charge < -0.3 is 15.2 Å². The Kier molecular flexibility index (Phi) is 6.96. The van der Waals surface area contributed by atoms with Gasteiger partial charge in [-0.15, -0.1) is 0 Å². The third-order valence-electron chi connectivity index (χ3n) is 5.63. The predicted molar refractivity (Wildman–Crippen MR) is 140 cm³/mol. The number of hydrogen-bond donors (Lipinski definition) is 3. The number of hydrogen-bond acceptors (Lipinski definition) is 9. The molecule has 0 aliphatic carbocycles. The molecule has 0 spiro atoms. The zero-order valence-corrected chi connectivity index (χ0v) is 21.4. The summed E-state index contributed by atoms with van der Waals surface area (Å²) >= 11 is 0. The van der Waals surface area contributed by atoms with Gasteiger partial charge in [0.2, 0.25) is 5.88 Å². The van der Waals surface area contributed by atoms with Crippen molar-refractivity contribution in [3.63, 3.8) is 0 Å². The van der Waals surface area contributed by atoms with Crippen molar-refractivity contribution in [3.05, 3.63) is 79.0 Å². The van der Waals surface area contributed by atoms with Crippen LogP contribution in [0.25, 0.3) is 22.0 Å². The molecule has 5 rings (SSSR count). The fourth-order valence-corrected chi connectivity index (χ4v) is 4.97. The second-order valence-corrected chi connectivity index (χ2v) is 10.0. The number of nitrogens with zero attached hydrogens (tertiary/aromatic N) is 5. The van der Waals surface area contributed by atoms with Gasteiger partial charge in [-0.25, -0.2) is 32.2 Å². The number of pyridine rings is 1. The molecule has 15 heteroatoms. The molecule has 0 aliphatic rings. The van der Waals surface area contributed by atoms with E-state index in [0.717, 1.165) is 12.1 Å². The van der Waals surface area contributed by atoms with Gasteiger partial charge >= 0.3 is 5.97 Å². The highest BCUT2D eigenvalue weighted by molar-refractivity contribution is 7.92. The number of ether oxygens (including phenoxy) is 1. The standard InChI is InChI=1S/C25H19F2N7O5S/c1-39-25-21(33-40(37,38)22-5-3-16(26)8-19(22)27)7-15(9-28-25)14-2-4-20-18(6-14)24(30-13-29-20)32-17-10-31-34(11-17)12-23(35)36/h2-11,13,33H,12H2,1H3,(H,35,36)(H,29,30,32). The number of aliphatic carboxylic acids is 1. The average Bonchev–Trinajstić information content (AvgIpc) is 3.34. The lowest BCUT2D eigenvalue weighted by atomic mass is 10.0. The molecule has 0 bridgehead atoms. The first kappa shape index (κ1) is 26.4. The van der Waals surface area contributed by atoms with Gasteiger partial charge in [0.15, 0.2) is 0 Å². The minimum absolute atomic E-state index is 0.0697. The van der Waals surface area contributed by atoms with Gasteiger partial charge in [-0.05, 0) is 35.9 Å². The molecule has 3 N–H and O–H groups in total. The van der Waals surface area contributed by atoms with Crippen molar-refractivity contribution in [2.45, 2.75) is 11.4 Å². The topological polar surface area (TPSA) is 161 Å². The zero-order valence-electron chi connectivity index (χ0n) is 20.5. The van der Waals surface area contributed by atoms with Gasteiger partial charge in [0.05, 0.1) is 24.5 Å². The molecule has 0 unspecified atom stereocenters. The van der Waals surface area contributed by atoms with Crippen molar-refractivity contribution in [2.24, 2.45) is 0 Å². The van der Waals surface area contributed by atoms with Crippen LogP contribution in [0.1, 0.15) is 0 Å². The van der Waals surface area contributed by atoms with Crippen LogP contribution in [0, 0.1) is 11.6 Å². The monoisotopic (exact) mass is 567 g/mol. The quantitative estimate of drug-likeness (QED) is 0.239. The Labute approximate surface area is 225 Å². The van der Waals surface area contributed by atoms with E-state index in [4.69, 9.17) is 9.84 Å². The molecule has 3 heterocycles. The number of rotatable bonds is 9. The van der Waals surface area contributed by atoms with E-state index in [2.05, 4.69) is 30.1 Å². The van der Waals surface area contributed by atoms with Crippen LogP contribution < -0.4 is 14.8 Å². The van der Waals surface area contributed by atoms with E-state index in [0.29, 0.717) is 39.6 Å². The molecule has 5 aromatic rings. The summed E-state index contributed by atoms with van der Waals surface area (Å²) in [5.74, 6) is -2.86. The average molecular weight is 568 g/mol. The molecule has 3 aromatic heterocycles. The van der Waals surface area contributed by atoms with Crippen LogP contribution in [0.15, 0.2) is 72.3 Å². The SMILES string of the molecule is COc1ncc(-c2ccc3ncnc(Nc4cnn(CC(=O)O)c4)c3c2)cc1NS(=O)(=O)c1ccc(F)cc1F. The molecule has 40 heavy (non-hydrogen) atoms. The number of methoxy groups -OCH3 is 1. The zero-order chi connectivity index (χ0) is 28.4. The molecular formula is C25H19F2N7O5S. The van der Waals surface area contributed by atoms with Gasteiger partial charge in [0, 0.05) is 29.4 Å². The van der Waals surface area contributed by atoms with Crippen LogP contribution in [-0.2, 0) is 21.4 Å². The molecule has 2 aromatic carbocycles. The van der Waals surface area contributed by atoms with Gasteiger partial charge in [-0.2, -0.15) is 5.10 Å². The third kappa shape index (κ3) is 5.49. The maximum atomic E-state index is 14.2. The Hall–Kier alpha value is -5.18. The van der Waals surface area contributed by atoms with Crippen molar-refractivity contribution in [3.8, 4) is 17.0 Å². The smallest absolute Gasteiger partial charge is 0.325 e. The summed E-state index contributed by atoms with van der Waals surface area (Å²) in [7, 11) is -3.17. The van der Waals surface area contributed by atoms with E-state index in [-0.39, 0.29) is 18.1 Å². The molecule has 0 aliphatic heterocycles. The molecule has 0 fully saturated rings. The lowest BCUT2D eigenvalue weighted by Crippen LogP contribution is -2.15. The summed E-state index contributed by atoms with van der Waals surface area (Å²) in [5, 5.41) is 16.6. The number of halogens is 2.